The van der Waals surface area contributed by atoms with Gasteiger partial charge in [0.15, 0.2) is 0 Å². The largest absolute Gasteiger partial charge is 0.416 e. The van der Waals surface area contributed by atoms with E-state index in [1.54, 1.807) is 18.2 Å². The number of benzene rings is 2. The van der Waals surface area contributed by atoms with Crippen molar-refractivity contribution >= 4 is 43.6 Å². The van der Waals surface area contributed by atoms with E-state index >= 15 is 0 Å². The number of aromatic nitrogens is 2. The van der Waals surface area contributed by atoms with E-state index in [1.165, 1.54) is 18.5 Å². The van der Waals surface area contributed by atoms with Crippen LogP contribution in [0.4, 0.5) is 13.2 Å². The van der Waals surface area contributed by atoms with Crippen LogP contribution >= 0.6 is 27.5 Å². The van der Waals surface area contributed by atoms with Crippen molar-refractivity contribution in [3.63, 3.8) is 0 Å². The lowest BCUT2D eigenvalue weighted by Crippen LogP contribution is -2.33. The Bertz CT molecular complexity index is 1220. The molecule has 156 valence electrons. The van der Waals surface area contributed by atoms with Gasteiger partial charge < -0.3 is 0 Å². The van der Waals surface area contributed by atoms with E-state index in [0.717, 1.165) is 28.6 Å². The minimum Gasteiger partial charge on any atom is -0.278 e. The van der Waals surface area contributed by atoms with Crippen molar-refractivity contribution in [2.45, 2.75) is 17.1 Å². The molecule has 0 amide bonds. The predicted molar refractivity (Wildman–Crippen MR) is 109 cm³/mol. The quantitative estimate of drug-likeness (QED) is 0.490. The summed E-state index contributed by atoms with van der Waals surface area (Å²) >= 11 is 9.82. The minimum atomic E-state index is -4.57. The van der Waals surface area contributed by atoms with Gasteiger partial charge in [-0.15, -0.1) is 0 Å². The molecule has 1 N–H and O–H groups in total. The average Bonchev–Trinajstić information content (AvgIpc) is 3.16. The Morgan fingerprint density at radius 1 is 1.13 bits per heavy atom. The molecule has 5 nitrogen and oxygen atoms in total. The number of rotatable bonds is 3. The highest BCUT2D eigenvalue weighted by atomic mass is 79.9. The Labute approximate surface area is 183 Å². The summed E-state index contributed by atoms with van der Waals surface area (Å²) in [6, 6.07) is 7.54. The van der Waals surface area contributed by atoms with E-state index in [9.17, 15) is 21.6 Å². The van der Waals surface area contributed by atoms with E-state index in [2.05, 4.69) is 26.1 Å². The van der Waals surface area contributed by atoms with Gasteiger partial charge in [0.2, 0.25) is 0 Å². The van der Waals surface area contributed by atoms with Gasteiger partial charge in [-0.2, -0.15) is 18.3 Å². The molecule has 1 unspecified atom stereocenters. The zero-order valence-corrected chi connectivity index (χ0v) is 18.0. The number of sulfonamides is 1. The highest BCUT2D eigenvalue weighted by Crippen LogP contribution is 2.44. The number of alkyl halides is 3. The molecule has 0 bridgehead atoms. The van der Waals surface area contributed by atoms with Crippen LogP contribution in [0.5, 0.6) is 0 Å². The number of fused-ring (bicyclic) bond motifs is 1. The van der Waals surface area contributed by atoms with Crippen molar-refractivity contribution < 1.29 is 21.6 Å². The molecule has 0 radical (unpaired) electrons. The Hall–Kier alpha value is -2.30. The van der Waals surface area contributed by atoms with Gasteiger partial charge in [0.1, 0.15) is 6.04 Å². The van der Waals surface area contributed by atoms with E-state index in [0.29, 0.717) is 26.3 Å². The molecule has 0 fully saturated rings. The third-order valence-corrected chi connectivity index (χ3v) is 7.44. The highest BCUT2D eigenvalue weighted by molar-refractivity contribution is 9.10. The molecule has 3 aromatic rings. The fourth-order valence-corrected chi connectivity index (χ4v) is 5.66. The Morgan fingerprint density at radius 3 is 2.47 bits per heavy atom. The lowest BCUT2D eigenvalue weighted by molar-refractivity contribution is -0.137. The zero-order valence-electron chi connectivity index (χ0n) is 14.9. The van der Waals surface area contributed by atoms with Crippen molar-refractivity contribution in [3.8, 4) is 0 Å². The number of aromatic amines is 1. The number of H-pyrrole nitrogens is 1. The molecule has 11 heteroatoms. The van der Waals surface area contributed by atoms with Crippen molar-refractivity contribution in [1.82, 2.24) is 14.5 Å². The third kappa shape index (κ3) is 3.52. The second-order valence-electron chi connectivity index (χ2n) is 6.45. The number of hydrogen-bond acceptors (Lipinski definition) is 3. The van der Waals surface area contributed by atoms with Gasteiger partial charge in [-0.05, 0) is 42.5 Å². The SMILES string of the molecule is O=S(=O)(c1ccc(C(F)(F)F)cc1)N1C=Cc2[nH]ncc2C1c1c(Cl)cccc1Br. The normalized spacial score (nSPS) is 16.6. The lowest BCUT2D eigenvalue weighted by atomic mass is 9.97. The van der Waals surface area contributed by atoms with Gasteiger partial charge >= 0.3 is 6.18 Å². The van der Waals surface area contributed by atoms with E-state index in [-0.39, 0.29) is 4.90 Å². The maximum absolute atomic E-state index is 13.4. The van der Waals surface area contributed by atoms with Gasteiger partial charge in [-0.25, -0.2) is 8.42 Å². The summed E-state index contributed by atoms with van der Waals surface area (Å²) in [5.41, 5.74) is 0.715. The van der Waals surface area contributed by atoms with Crippen LogP contribution in [0.25, 0.3) is 6.08 Å². The zero-order chi connectivity index (χ0) is 21.7. The summed E-state index contributed by atoms with van der Waals surface area (Å²) in [5.74, 6) is 0. The van der Waals surface area contributed by atoms with Crippen LogP contribution in [-0.2, 0) is 16.2 Å². The molecule has 1 aliphatic rings. The van der Waals surface area contributed by atoms with Crippen molar-refractivity contribution in [2.75, 3.05) is 0 Å². The molecule has 30 heavy (non-hydrogen) atoms. The molecular formula is C19H12BrClF3N3O2S. The summed E-state index contributed by atoms with van der Waals surface area (Å²) in [7, 11) is -4.22. The van der Waals surface area contributed by atoms with Crippen LogP contribution in [0.3, 0.4) is 0 Å². The molecule has 2 heterocycles. The predicted octanol–water partition coefficient (Wildman–Crippen LogP) is 5.61. The number of nitrogens with one attached hydrogen (secondary N) is 1. The number of hydrogen-bond donors (Lipinski definition) is 1. The molecule has 2 aromatic carbocycles. The minimum absolute atomic E-state index is 0.278. The Morgan fingerprint density at radius 2 is 1.83 bits per heavy atom. The first-order valence-corrected chi connectivity index (χ1v) is 11.1. The number of nitrogens with zero attached hydrogens (tertiary/aromatic N) is 2. The van der Waals surface area contributed by atoms with Gasteiger partial charge in [-0.3, -0.25) is 9.40 Å². The maximum Gasteiger partial charge on any atom is 0.416 e. The standard InChI is InChI=1S/C19H12BrClF3N3O2S/c20-14-2-1-3-15(21)17(14)18-13-10-25-26-16(13)8-9-27(18)30(28,29)12-6-4-11(5-7-12)19(22,23)24/h1-10,18H,(H,25,26). The van der Waals surface area contributed by atoms with Gasteiger partial charge in [0.25, 0.3) is 10.0 Å². The van der Waals surface area contributed by atoms with Crippen LogP contribution in [0.1, 0.15) is 28.4 Å². The first-order valence-electron chi connectivity index (χ1n) is 8.47. The van der Waals surface area contributed by atoms with Crippen LogP contribution in [0.15, 0.2) is 64.2 Å². The summed E-state index contributed by atoms with van der Waals surface area (Å²) < 4.78 is 67.0. The maximum atomic E-state index is 13.4. The number of halogens is 5. The van der Waals surface area contributed by atoms with Gasteiger partial charge in [0.05, 0.1) is 22.3 Å². The molecule has 1 aliphatic heterocycles. The molecular weight excluding hydrogens is 507 g/mol. The van der Waals surface area contributed by atoms with Crippen molar-refractivity contribution in [3.05, 3.63) is 86.7 Å². The van der Waals surface area contributed by atoms with Crippen LogP contribution in [-0.4, -0.2) is 22.9 Å². The molecule has 4 rings (SSSR count). The summed E-state index contributed by atoms with van der Waals surface area (Å²) in [6.07, 6.45) is -0.197. The second kappa shape index (κ2) is 7.44. The van der Waals surface area contributed by atoms with Gasteiger partial charge in [0, 0.05) is 26.8 Å². The molecule has 1 atom stereocenters. The molecule has 0 aliphatic carbocycles. The monoisotopic (exact) mass is 517 g/mol. The summed E-state index contributed by atoms with van der Waals surface area (Å²) in [5, 5.41) is 7.10. The summed E-state index contributed by atoms with van der Waals surface area (Å²) in [6.45, 7) is 0. The third-order valence-electron chi connectivity index (χ3n) is 4.67. The van der Waals surface area contributed by atoms with Crippen LogP contribution < -0.4 is 0 Å². The van der Waals surface area contributed by atoms with Gasteiger partial charge in [-0.1, -0.05) is 33.6 Å². The second-order valence-corrected chi connectivity index (χ2v) is 9.55. The fourth-order valence-electron chi connectivity index (χ4n) is 3.24. The van der Waals surface area contributed by atoms with Crippen LogP contribution in [0.2, 0.25) is 5.02 Å². The Balaban J connectivity index is 1.86. The molecule has 0 saturated heterocycles. The topological polar surface area (TPSA) is 66.1 Å². The van der Waals surface area contributed by atoms with E-state index < -0.39 is 27.8 Å². The van der Waals surface area contributed by atoms with Crippen molar-refractivity contribution in [1.29, 1.82) is 0 Å². The van der Waals surface area contributed by atoms with Crippen molar-refractivity contribution in [2.24, 2.45) is 0 Å². The van der Waals surface area contributed by atoms with Crippen LogP contribution in [0, 0.1) is 0 Å². The highest BCUT2D eigenvalue weighted by Gasteiger charge is 2.38. The molecule has 1 aromatic heterocycles. The summed E-state index contributed by atoms with van der Waals surface area (Å²) in [4.78, 5) is -0.278. The molecule has 0 saturated carbocycles. The molecule has 0 spiro atoms. The van der Waals surface area contributed by atoms with E-state index in [1.807, 2.05) is 0 Å². The first-order chi connectivity index (χ1) is 14.1. The smallest absolute Gasteiger partial charge is 0.278 e. The fraction of sp³-hybridized carbons (Fsp3) is 0.105. The average molecular weight is 519 g/mol. The van der Waals surface area contributed by atoms with E-state index in [4.69, 9.17) is 11.6 Å². The lowest BCUT2D eigenvalue weighted by Gasteiger charge is -2.33. The Kier molecular flexibility index (Phi) is 5.19. The first kappa shape index (κ1) is 21.0.